The number of halogens is 2. The van der Waals surface area contributed by atoms with Crippen LogP contribution < -0.4 is 9.47 Å². The molecule has 5 heteroatoms. The molecule has 0 radical (unpaired) electrons. The molecule has 1 saturated carbocycles. The van der Waals surface area contributed by atoms with Crippen molar-refractivity contribution in [2.45, 2.75) is 38.7 Å². The van der Waals surface area contributed by atoms with Crippen molar-refractivity contribution in [2.75, 3.05) is 26.2 Å². The quantitative estimate of drug-likeness (QED) is 0.762. The third kappa shape index (κ3) is 3.88. The fraction of sp³-hybridized carbons (Fsp3) is 0.647. The molecule has 1 unspecified atom stereocenters. The van der Waals surface area contributed by atoms with E-state index in [1.54, 1.807) is 6.07 Å². The summed E-state index contributed by atoms with van der Waals surface area (Å²) in [6.45, 7) is 3.09. The number of likely N-dealkylation sites (N-methyl/N-ethyl adjacent to an activating group) is 1. The summed E-state index contributed by atoms with van der Waals surface area (Å²) in [4.78, 5) is 2.40. The molecule has 1 aliphatic heterocycles. The topological polar surface area (TPSA) is 21.7 Å². The smallest absolute Gasteiger partial charge is 0.387 e. The molecule has 22 heavy (non-hydrogen) atoms. The van der Waals surface area contributed by atoms with E-state index in [1.165, 1.54) is 12.8 Å². The molecule has 2 aliphatic rings. The second-order valence-electron chi connectivity index (χ2n) is 6.22. The van der Waals surface area contributed by atoms with Gasteiger partial charge in [-0.15, -0.1) is 0 Å². The van der Waals surface area contributed by atoms with E-state index in [2.05, 4.69) is 16.6 Å². The Morgan fingerprint density at radius 3 is 2.68 bits per heavy atom. The number of likely N-dealkylation sites (tertiary alicyclic amines) is 1. The van der Waals surface area contributed by atoms with Crippen LogP contribution in [0.2, 0.25) is 0 Å². The van der Waals surface area contributed by atoms with Gasteiger partial charge < -0.3 is 14.4 Å². The van der Waals surface area contributed by atoms with Crippen molar-refractivity contribution >= 4 is 0 Å². The van der Waals surface area contributed by atoms with Gasteiger partial charge in [-0.1, -0.05) is 13.0 Å². The maximum Gasteiger partial charge on any atom is 0.387 e. The van der Waals surface area contributed by atoms with E-state index in [-0.39, 0.29) is 5.75 Å². The molecule has 0 aromatic heterocycles. The Hall–Kier alpha value is -1.36. The Morgan fingerprint density at radius 1 is 1.23 bits per heavy atom. The molecule has 2 fully saturated rings. The molecule has 0 N–H and O–H groups in total. The van der Waals surface area contributed by atoms with Crippen LogP contribution >= 0.6 is 0 Å². The van der Waals surface area contributed by atoms with Crippen LogP contribution in [0.4, 0.5) is 8.78 Å². The summed E-state index contributed by atoms with van der Waals surface area (Å²) in [5.41, 5.74) is 1.16. The Kier molecular flexibility index (Phi) is 4.81. The summed E-state index contributed by atoms with van der Waals surface area (Å²) >= 11 is 0. The highest BCUT2D eigenvalue weighted by molar-refractivity contribution is 5.44. The van der Waals surface area contributed by atoms with Gasteiger partial charge in [0.1, 0.15) is 0 Å². The van der Waals surface area contributed by atoms with Gasteiger partial charge in [0, 0.05) is 6.54 Å². The SMILES string of the molecule is CCN1CCC(c2ccc(OC(F)F)c(OCC3CC3)c2)C1. The van der Waals surface area contributed by atoms with Crippen molar-refractivity contribution in [3.63, 3.8) is 0 Å². The minimum Gasteiger partial charge on any atom is -0.489 e. The summed E-state index contributed by atoms with van der Waals surface area (Å²) in [6.07, 6.45) is 3.43. The number of nitrogens with zero attached hydrogens (tertiary/aromatic N) is 1. The standard InChI is InChI=1S/C17H23F2NO2/c1-2-20-8-7-14(10-20)13-5-6-15(22-17(18)19)16(9-13)21-11-12-3-4-12/h5-6,9,12,14,17H,2-4,7-8,10-11H2,1H3. The average Bonchev–Trinajstić information content (AvgIpc) is 3.20. The lowest BCUT2D eigenvalue weighted by Crippen LogP contribution is -2.19. The van der Waals surface area contributed by atoms with Gasteiger partial charge in [-0.3, -0.25) is 0 Å². The van der Waals surface area contributed by atoms with Crippen LogP contribution in [0.3, 0.4) is 0 Å². The van der Waals surface area contributed by atoms with E-state index in [4.69, 9.17) is 4.74 Å². The minimum absolute atomic E-state index is 0.143. The zero-order valence-electron chi connectivity index (χ0n) is 12.9. The Balaban J connectivity index is 1.74. The van der Waals surface area contributed by atoms with Crippen molar-refractivity contribution in [3.8, 4) is 11.5 Å². The molecular weight excluding hydrogens is 288 g/mol. The number of hydrogen-bond donors (Lipinski definition) is 0. The van der Waals surface area contributed by atoms with Crippen LogP contribution in [0.1, 0.15) is 37.7 Å². The lowest BCUT2D eigenvalue weighted by Gasteiger charge is -2.17. The van der Waals surface area contributed by atoms with Crippen molar-refractivity contribution in [1.82, 2.24) is 4.90 Å². The van der Waals surface area contributed by atoms with Gasteiger partial charge in [0.25, 0.3) is 0 Å². The molecule has 3 nitrogen and oxygen atoms in total. The second kappa shape index (κ2) is 6.82. The predicted octanol–water partition coefficient (Wildman–Crippen LogP) is 3.89. The third-order valence-corrected chi connectivity index (χ3v) is 4.55. The lowest BCUT2D eigenvalue weighted by molar-refractivity contribution is -0.0515. The van der Waals surface area contributed by atoms with Crippen LogP contribution in [-0.4, -0.2) is 37.8 Å². The zero-order chi connectivity index (χ0) is 15.5. The molecule has 1 aromatic rings. The van der Waals surface area contributed by atoms with Crippen molar-refractivity contribution in [3.05, 3.63) is 23.8 Å². The lowest BCUT2D eigenvalue weighted by atomic mass is 9.98. The molecule has 0 bridgehead atoms. The first-order chi connectivity index (χ1) is 10.7. The number of ether oxygens (including phenoxy) is 2. The normalized spacial score (nSPS) is 22.3. The molecular formula is C17H23F2NO2. The number of rotatable bonds is 7. The van der Waals surface area contributed by atoms with Crippen molar-refractivity contribution in [1.29, 1.82) is 0 Å². The summed E-state index contributed by atoms with van der Waals surface area (Å²) in [5.74, 6) is 1.62. The summed E-state index contributed by atoms with van der Waals surface area (Å²) < 4.78 is 35.4. The van der Waals surface area contributed by atoms with Crippen molar-refractivity contribution in [2.24, 2.45) is 5.92 Å². The van der Waals surface area contributed by atoms with E-state index in [9.17, 15) is 8.78 Å². The zero-order valence-corrected chi connectivity index (χ0v) is 12.9. The molecule has 1 aromatic carbocycles. The van der Waals surface area contributed by atoms with Crippen molar-refractivity contribution < 1.29 is 18.3 Å². The minimum atomic E-state index is -2.82. The van der Waals surface area contributed by atoms with Gasteiger partial charge in [0.15, 0.2) is 11.5 Å². The summed E-state index contributed by atoms with van der Waals surface area (Å²) in [6, 6.07) is 5.41. The molecule has 0 amide bonds. The predicted molar refractivity (Wildman–Crippen MR) is 80.8 cm³/mol. The van der Waals surface area contributed by atoms with E-state index in [1.807, 2.05) is 12.1 Å². The highest BCUT2D eigenvalue weighted by Crippen LogP contribution is 2.37. The van der Waals surface area contributed by atoms with Crippen LogP contribution in [0, 0.1) is 5.92 Å². The highest BCUT2D eigenvalue weighted by Gasteiger charge is 2.26. The highest BCUT2D eigenvalue weighted by atomic mass is 19.3. The number of benzene rings is 1. The second-order valence-corrected chi connectivity index (χ2v) is 6.22. The van der Waals surface area contributed by atoms with Gasteiger partial charge in [0.05, 0.1) is 6.61 Å². The maximum absolute atomic E-state index is 12.5. The Morgan fingerprint density at radius 2 is 2.05 bits per heavy atom. The van der Waals surface area contributed by atoms with E-state index >= 15 is 0 Å². The first-order valence-corrected chi connectivity index (χ1v) is 8.09. The van der Waals surface area contributed by atoms with E-state index < -0.39 is 6.61 Å². The van der Waals surface area contributed by atoms with Gasteiger partial charge in [-0.05, 0) is 61.9 Å². The Bertz CT molecular complexity index is 505. The maximum atomic E-state index is 12.5. The molecule has 0 spiro atoms. The van der Waals surface area contributed by atoms with Crippen LogP contribution in [0.25, 0.3) is 0 Å². The Labute approximate surface area is 130 Å². The number of hydrogen-bond acceptors (Lipinski definition) is 3. The molecule has 1 atom stereocenters. The first-order valence-electron chi connectivity index (χ1n) is 8.09. The van der Waals surface area contributed by atoms with E-state index in [0.29, 0.717) is 24.2 Å². The summed E-state index contributed by atoms with van der Waals surface area (Å²) in [5, 5.41) is 0. The first kappa shape index (κ1) is 15.5. The van der Waals surface area contributed by atoms with Gasteiger partial charge in [-0.25, -0.2) is 0 Å². The average molecular weight is 311 g/mol. The molecule has 1 heterocycles. The molecule has 1 aliphatic carbocycles. The molecule has 122 valence electrons. The van der Waals surface area contributed by atoms with Crippen LogP contribution in [-0.2, 0) is 0 Å². The molecule has 3 rings (SSSR count). The van der Waals surface area contributed by atoms with Crippen LogP contribution in [0.5, 0.6) is 11.5 Å². The summed E-state index contributed by atoms with van der Waals surface area (Å²) in [7, 11) is 0. The molecule has 1 saturated heterocycles. The fourth-order valence-electron chi connectivity index (χ4n) is 2.97. The van der Waals surface area contributed by atoms with Crippen LogP contribution in [0.15, 0.2) is 18.2 Å². The van der Waals surface area contributed by atoms with Gasteiger partial charge in [-0.2, -0.15) is 8.78 Å². The van der Waals surface area contributed by atoms with Gasteiger partial charge >= 0.3 is 6.61 Å². The van der Waals surface area contributed by atoms with Gasteiger partial charge in [0.2, 0.25) is 0 Å². The monoisotopic (exact) mass is 311 g/mol. The number of alkyl halides is 2. The fourth-order valence-corrected chi connectivity index (χ4v) is 2.97. The third-order valence-electron chi connectivity index (χ3n) is 4.55. The van der Waals surface area contributed by atoms with E-state index in [0.717, 1.165) is 31.6 Å². The largest absolute Gasteiger partial charge is 0.489 e.